The van der Waals surface area contributed by atoms with Crippen molar-refractivity contribution in [3.63, 3.8) is 0 Å². The van der Waals surface area contributed by atoms with Gasteiger partial charge in [-0.15, -0.1) is 0 Å². The van der Waals surface area contributed by atoms with E-state index in [-0.39, 0.29) is 0 Å². The van der Waals surface area contributed by atoms with E-state index >= 15 is 0 Å². The summed E-state index contributed by atoms with van der Waals surface area (Å²) in [4.78, 5) is 8.59. The summed E-state index contributed by atoms with van der Waals surface area (Å²) < 4.78 is 10.6. The summed E-state index contributed by atoms with van der Waals surface area (Å²) in [6.07, 6.45) is 1.54. The monoisotopic (exact) mass is 307 g/mol. The Kier molecular flexibility index (Phi) is 4.38. The Morgan fingerprint density at radius 2 is 1.70 bits per heavy atom. The second-order valence-corrected chi connectivity index (χ2v) is 4.85. The van der Waals surface area contributed by atoms with E-state index in [0.717, 1.165) is 22.7 Å². The summed E-state index contributed by atoms with van der Waals surface area (Å²) >= 11 is 0. The van der Waals surface area contributed by atoms with Gasteiger partial charge in [-0.3, -0.25) is 0 Å². The first-order valence-electron chi connectivity index (χ1n) is 7.16. The summed E-state index contributed by atoms with van der Waals surface area (Å²) in [5.74, 6) is 2.12. The maximum atomic E-state index is 5.39. The number of hydrogen-bond acceptors (Lipinski definition) is 5. The molecule has 0 aliphatic rings. The summed E-state index contributed by atoms with van der Waals surface area (Å²) in [6, 6.07) is 17.5. The number of aromatic nitrogens is 2. The number of anilines is 2. The Labute approximate surface area is 134 Å². The number of nitrogens with zero attached hydrogens (tertiary/aromatic N) is 2. The first-order chi connectivity index (χ1) is 11.3. The minimum Gasteiger partial charge on any atom is -0.497 e. The number of ether oxygens (including phenoxy) is 2. The molecule has 0 fully saturated rings. The molecule has 0 bridgehead atoms. The van der Waals surface area contributed by atoms with Gasteiger partial charge in [-0.05, 0) is 12.1 Å². The number of benzene rings is 2. The largest absolute Gasteiger partial charge is 0.497 e. The van der Waals surface area contributed by atoms with Gasteiger partial charge in [0.1, 0.15) is 23.6 Å². The molecule has 0 radical (unpaired) electrons. The van der Waals surface area contributed by atoms with Crippen LogP contribution < -0.4 is 14.8 Å². The maximum Gasteiger partial charge on any atom is 0.146 e. The second-order valence-electron chi connectivity index (χ2n) is 4.85. The molecule has 0 amide bonds. The van der Waals surface area contributed by atoms with Crippen molar-refractivity contribution in [2.75, 3.05) is 19.5 Å². The first-order valence-corrected chi connectivity index (χ1v) is 7.16. The Balaban J connectivity index is 1.89. The van der Waals surface area contributed by atoms with Gasteiger partial charge in [-0.1, -0.05) is 30.3 Å². The lowest BCUT2D eigenvalue weighted by Crippen LogP contribution is -1.98. The van der Waals surface area contributed by atoms with E-state index in [1.54, 1.807) is 20.5 Å². The molecular formula is C18H17N3O2. The molecule has 5 nitrogen and oxygen atoms in total. The molecule has 0 atom stereocenters. The van der Waals surface area contributed by atoms with Gasteiger partial charge in [-0.2, -0.15) is 0 Å². The average Bonchev–Trinajstić information content (AvgIpc) is 2.63. The zero-order chi connectivity index (χ0) is 16.1. The molecule has 116 valence electrons. The highest BCUT2D eigenvalue weighted by atomic mass is 16.5. The number of rotatable bonds is 5. The predicted molar refractivity (Wildman–Crippen MR) is 90.3 cm³/mol. The predicted octanol–water partition coefficient (Wildman–Crippen LogP) is 3.90. The Morgan fingerprint density at radius 1 is 0.870 bits per heavy atom. The lowest BCUT2D eigenvalue weighted by atomic mass is 10.1. The van der Waals surface area contributed by atoms with Crippen LogP contribution in [0.25, 0.3) is 11.3 Å². The van der Waals surface area contributed by atoms with Crippen molar-refractivity contribution in [3.05, 3.63) is 60.9 Å². The van der Waals surface area contributed by atoms with Gasteiger partial charge in [0.2, 0.25) is 0 Å². The third kappa shape index (κ3) is 3.40. The topological polar surface area (TPSA) is 56.3 Å². The number of methoxy groups -OCH3 is 2. The van der Waals surface area contributed by atoms with Crippen LogP contribution >= 0.6 is 0 Å². The van der Waals surface area contributed by atoms with Gasteiger partial charge < -0.3 is 14.8 Å². The van der Waals surface area contributed by atoms with Crippen LogP contribution in [0, 0.1) is 0 Å². The highest BCUT2D eigenvalue weighted by Gasteiger charge is 2.07. The molecule has 0 saturated heterocycles. The fourth-order valence-electron chi connectivity index (χ4n) is 2.23. The maximum absolute atomic E-state index is 5.39. The van der Waals surface area contributed by atoms with Crippen molar-refractivity contribution in [2.24, 2.45) is 0 Å². The van der Waals surface area contributed by atoms with Gasteiger partial charge in [0.25, 0.3) is 0 Å². The fraction of sp³-hybridized carbons (Fsp3) is 0.111. The Bertz CT molecular complexity index is 791. The SMILES string of the molecule is COc1ccc(Nc2cc(-c3ccccc3)ncn2)c(OC)c1. The Hall–Kier alpha value is -3.08. The lowest BCUT2D eigenvalue weighted by Gasteiger charge is -2.12. The van der Waals surface area contributed by atoms with Crippen LogP contribution in [0.2, 0.25) is 0 Å². The van der Waals surface area contributed by atoms with E-state index in [0.29, 0.717) is 11.6 Å². The van der Waals surface area contributed by atoms with Crippen molar-refractivity contribution in [1.82, 2.24) is 9.97 Å². The molecule has 0 saturated carbocycles. The number of nitrogens with one attached hydrogen (secondary N) is 1. The normalized spacial score (nSPS) is 10.2. The third-order valence-corrected chi connectivity index (χ3v) is 3.41. The van der Waals surface area contributed by atoms with Crippen LogP contribution in [0.3, 0.4) is 0 Å². The molecule has 0 aliphatic carbocycles. The molecule has 23 heavy (non-hydrogen) atoms. The minimum atomic E-state index is 0.684. The smallest absolute Gasteiger partial charge is 0.146 e. The number of hydrogen-bond donors (Lipinski definition) is 1. The third-order valence-electron chi connectivity index (χ3n) is 3.41. The van der Waals surface area contributed by atoms with E-state index in [9.17, 15) is 0 Å². The van der Waals surface area contributed by atoms with Gasteiger partial charge in [0.15, 0.2) is 0 Å². The van der Waals surface area contributed by atoms with Crippen molar-refractivity contribution in [2.45, 2.75) is 0 Å². The lowest BCUT2D eigenvalue weighted by molar-refractivity contribution is 0.395. The fourth-order valence-corrected chi connectivity index (χ4v) is 2.23. The second kappa shape index (κ2) is 6.79. The van der Waals surface area contributed by atoms with E-state index < -0.39 is 0 Å². The van der Waals surface area contributed by atoms with Crippen LogP contribution in [0.5, 0.6) is 11.5 Å². The highest BCUT2D eigenvalue weighted by Crippen LogP contribution is 2.31. The molecule has 0 unspecified atom stereocenters. The van der Waals surface area contributed by atoms with Crippen molar-refractivity contribution < 1.29 is 9.47 Å². The zero-order valence-corrected chi connectivity index (χ0v) is 13.0. The van der Waals surface area contributed by atoms with Crippen molar-refractivity contribution in [3.8, 4) is 22.8 Å². The molecule has 1 heterocycles. The molecule has 2 aromatic carbocycles. The molecule has 3 rings (SSSR count). The summed E-state index contributed by atoms with van der Waals surface area (Å²) in [6.45, 7) is 0. The van der Waals surface area contributed by atoms with Crippen molar-refractivity contribution >= 4 is 11.5 Å². The minimum absolute atomic E-state index is 0.684. The van der Waals surface area contributed by atoms with Gasteiger partial charge in [0.05, 0.1) is 25.6 Å². The molecule has 5 heteroatoms. The van der Waals surface area contributed by atoms with Crippen LogP contribution in [0.15, 0.2) is 60.9 Å². The van der Waals surface area contributed by atoms with E-state index in [1.807, 2.05) is 54.6 Å². The van der Waals surface area contributed by atoms with E-state index in [1.165, 1.54) is 0 Å². The van der Waals surface area contributed by atoms with Crippen LogP contribution in [-0.2, 0) is 0 Å². The standard InChI is InChI=1S/C18H17N3O2/c1-22-14-8-9-15(17(10-14)23-2)21-18-11-16(19-12-20-18)13-6-4-3-5-7-13/h3-12H,1-2H3,(H,19,20,21). The van der Waals surface area contributed by atoms with Gasteiger partial charge in [-0.25, -0.2) is 9.97 Å². The van der Waals surface area contributed by atoms with E-state index in [2.05, 4.69) is 15.3 Å². The first kappa shape index (κ1) is 14.8. The zero-order valence-electron chi connectivity index (χ0n) is 13.0. The molecule has 0 aliphatic heterocycles. The average molecular weight is 307 g/mol. The quantitative estimate of drug-likeness (QED) is 0.774. The van der Waals surface area contributed by atoms with Crippen LogP contribution in [0.4, 0.5) is 11.5 Å². The van der Waals surface area contributed by atoms with Gasteiger partial charge >= 0.3 is 0 Å². The molecular weight excluding hydrogens is 290 g/mol. The van der Waals surface area contributed by atoms with Gasteiger partial charge in [0, 0.05) is 17.7 Å². The summed E-state index contributed by atoms with van der Waals surface area (Å²) in [5, 5.41) is 3.25. The molecule has 1 aromatic heterocycles. The Morgan fingerprint density at radius 3 is 2.43 bits per heavy atom. The van der Waals surface area contributed by atoms with Crippen LogP contribution in [-0.4, -0.2) is 24.2 Å². The highest BCUT2D eigenvalue weighted by molar-refractivity contribution is 5.69. The summed E-state index contributed by atoms with van der Waals surface area (Å²) in [7, 11) is 3.24. The molecule has 1 N–H and O–H groups in total. The molecule has 0 spiro atoms. The summed E-state index contributed by atoms with van der Waals surface area (Å²) in [5.41, 5.74) is 2.71. The van der Waals surface area contributed by atoms with Crippen molar-refractivity contribution in [1.29, 1.82) is 0 Å². The molecule has 3 aromatic rings. The van der Waals surface area contributed by atoms with Crippen LogP contribution in [0.1, 0.15) is 0 Å². The van der Waals surface area contributed by atoms with E-state index in [4.69, 9.17) is 9.47 Å².